The van der Waals surface area contributed by atoms with Crippen LogP contribution in [-0.4, -0.2) is 24.9 Å². The van der Waals surface area contributed by atoms with Crippen LogP contribution in [0, 0.1) is 0 Å². The highest BCUT2D eigenvalue weighted by Gasteiger charge is 2.16. The van der Waals surface area contributed by atoms with E-state index in [-0.39, 0.29) is 0 Å². The molecule has 0 atom stereocenters. The largest absolute Gasteiger partial charge is 0.334 e. The Labute approximate surface area is 163 Å². The van der Waals surface area contributed by atoms with Crippen molar-refractivity contribution in [2.75, 3.05) is 0 Å². The minimum absolute atomic E-state index is 0.419. The molecule has 0 unspecified atom stereocenters. The number of thioether (sulfide) groups is 1. The third-order valence-electron chi connectivity index (χ3n) is 3.68. The molecule has 0 aliphatic heterocycles. The van der Waals surface area contributed by atoms with Gasteiger partial charge < -0.3 is 9.09 Å². The van der Waals surface area contributed by atoms with E-state index in [1.54, 1.807) is 17.4 Å². The van der Waals surface area contributed by atoms with Gasteiger partial charge in [0.15, 0.2) is 16.8 Å². The fourth-order valence-corrected chi connectivity index (χ4v) is 4.23. The summed E-state index contributed by atoms with van der Waals surface area (Å²) in [7, 11) is 0. The molecule has 132 valence electrons. The van der Waals surface area contributed by atoms with Gasteiger partial charge in [-0.05, 0) is 30.5 Å². The average molecular weight is 404 g/mol. The molecule has 4 rings (SSSR count). The standard InChI is InChI=1S/C17H14ClN5OS2/c1-2-23-15(13-8-5-9-25-13)20-21-17(23)26-10-14-19-16(24-22-14)11-6-3-4-7-12(11)18/h3-9H,2,10H2,1H3. The van der Waals surface area contributed by atoms with Crippen LogP contribution in [0.25, 0.3) is 22.2 Å². The molecule has 4 aromatic rings. The van der Waals surface area contributed by atoms with Gasteiger partial charge in [0.1, 0.15) is 0 Å². The number of hydrogen-bond donors (Lipinski definition) is 0. The van der Waals surface area contributed by atoms with Gasteiger partial charge in [0.25, 0.3) is 5.89 Å². The van der Waals surface area contributed by atoms with Gasteiger partial charge >= 0.3 is 0 Å². The zero-order valence-corrected chi connectivity index (χ0v) is 16.2. The Balaban J connectivity index is 1.51. The molecule has 0 radical (unpaired) electrons. The molecular formula is C17H14ClN5OS2. The SMILES string of the molecule is CCn1c(SCc2noc(-c3ccccc3Cl)n2)nnc1-c1cccs1. The summed E-state index contributed by atoms with van der Waals surface area (Å²) in [5.41, 5.74) is 0.731. The zero-order valence-electron chi connectivity index (χ0n) is 13.8. The summed E-state index contributed by atoms with van der Waals surface area (Å²) in [6.45, 7) is 2.87. The molecule has 0 saturated heterocycles. The number of aromatic nitrogens is 5. The topological polar surface area (TPSA) is 69.6 Å². The lowest BCUT2D eigenvalue weighted by Gasteiger charge is -2.04. The molecule has 0 N–H and O–H groups in total. The minimum atomic E-state index is 0.419. The lowest BCUT2D eigenvalue weighted by atomic mass is 10.2. The van der Waals surface area contributed by atoms with Gasteiger partial charge in [-0.2, -0.15) is 4.98 Å². The fraction of sp³-hybridized carbons (Fsp3) is 0.176. The van der Waals surface area contributed by atoms with E-state index in [0.717, 1.165) is 28.0 Å². The van der Waals surface area contributed by atoms with Crippen molar-refractivity contribution < 1.29 is 4.52 Å². The van der Waals surface area contributed by atoms with Crippen LogP contribution < -0.4 is 0 Å². The summed E-state index contributed by atoms with van der Waals surface area (Å²) in [5, 5.41) is 16.1. The summed E-state index contributed by atoms with van der Waals surface area (Å²) in [5.74, 6) is 2.43. The van der Waals surface area contributed by atoms with Crippen LogP contribution in [-0.2, 0) is 12.3 Å². The van der Waals surface area contributed by atoms with Crippen molar-refractivity contribution in [2.24, 2.45) is 0 Å². The van der Waals surface area contributed by atoms with E-state index < -0.39 is 0 Å². The van der Waals surface area contributed by atoms with Gasteiger partial charge in [-0.1, -0.05) is 46.7 Å². The number of thiophene rings is 1. The first-order valence-electron chi connectivity index (χ1n) is 7.93. The Morgan fingerprint density at radius 2 is 2.08 bits per heavy atom. The Bertz CT molecular complexity index is 1010. The van der Waals surface area contributed by atoms with Gasteiger partial charge in [-0.3, -0.25) is 0 Å². The second-order valence-corrected chi connectivity index (χ2v) is 7.61. The number of benzene rings is 1. The smallest absolute Gasteiger partial charge is 0.259 e. The van der Waals surface area contributed by atoms with E-state index in [9.17, 15) is 0 Å². The van der Waals surface area contributed by atoms with Crippen LogP contribution in [0.1, 0.15) is 12.7 Å². The summed E-state index contributed by atoms with van der Waals surface area (Å²) >= 11 is 9.36. The third-order valence-corrected chi connectivity index (χ3v) is 5.84. The van der Waals surface area contributed by atoms with Crippen LogP contribution in [0.3, 0.4) is 0 Å². The van der Waals surface area contributed by atoms with E-state index in [1.807, 2.05) is 35.7 Å². The van der Waals surface area contributed by atoms with Crippen molar-refractivity contribution in [1.82, 2.24) is 24.9 Å². The van der Waals surface area contributed by atoms with Crippen LogP contribution in [0.15, 0.2) is 51.5 Å². The Hall–Kier alpha value is -2.16. The van der Waals surface area contributed by atoms with Gasteiger partial charge in [0, 0.05) is 6.54 Å². The number of hydrogen-bond acceptors (Lipinski definition) is 7. The third kappa shape index (κ3) is 3.40. The highest BCUT2D eigenvalue weighted by Crippen LogP contribution is 2.30. The average Bonchev–Trinajstić information content (AvgIpc) is 3.39. The van der Waals surface area contributed by atoms with E-state index in [1.165, 1.54) is 11.8 Å². The maximum Gasteiger partial charge on any atom is 0.259 e. The lowest BCUT2D eigenvalue weighted by molar-refractivity contribution is 0.425. The van der Waals surface area contributed by atoms with Crippen molar-refractivity contribution in [1.29, 1.82) is 0 Å². The lowest BCUT2D eigenvalue weighted by Crippen LogP contribution is -1.99. The fourth-order valence-electron chi connectivity index (χ4n) is 2.45. The maximum atomic E-state index is 6.18. The van der Waals surface area contributed by atoms with E-state index in [0.29, 0.717) is 22.5 Å². The Kier molecular flexibility index (Phi) is 5.05. The van der Waals surface area contributed by atoms with Gasteiger partial charge in [0.2, 0.25) is 0 Å². The Morgan fingerprint density at radius 3 is 2.85 bits per heavy atom. The molecular weight excluding hydrogens is 390 g/mol. The van der Waals surface area contributed by atoms with E-state index >= 15 is 0 Å². The van der Waals surface area contributed by atoms with E-state index in [2.05, 4.69) is 31.8 Å². The molecule has 26 heavy (non-hydrogen) atoms. The summed E-state index contributed by atoms with van der Waals surface area (Å²) in [6, 6.07) is 11.5. The molecule has 0 saturated carbocycles. The molecule has 3 aromatic heterocycles. The molecule has 3 heterocycles. The molecule has 1 aromatic carbocycles. The van der Waals surface area contributed by atoms with Crippen molar-refractivity contribution in [3.05, 3.63) is 52.6 Å². The summed E-state index contributed by atoms with van der Waals surface area (Å²) < 4.78 is 7.43. The zero-order chi connectivity index (χ0) is 17.9. The van der Waals surface area contributed by atoms with Crippen molar-refractivity contribution in [3.63, 3.8) is 0 Å². The highest BCUT2D eigenvalue weighted by atomic mass is 35.5. The summed E-state index contributed by atoms with van der Waals surface area (Å²) in [6.07, 6.45) is 0. The van der Waals surface area contributed by atoms with Crippen LogP contribution in [0.2, 0.25) is 5.02 Å². The normalized spacial score (nSPS) is 11.2. The van der Waals surface area contributed by atoms with Crippen molar-refractivity contribution in [2.45, 2.75) is 24.4 Å². The van der Waals surface area contributed by atoms with Crippen LogP contribution >= 0.6 is 34.7 Å². The number of halogens is 1. The van der Waals surface area contributed by atoms with Crippen molar-refractivity contribution >= 4 is 34.7 Å². The molecule has 9 heteroatoms. The van der Waals surface area contributed by atoms with E-state index in [4.69, 9.17) is 16.1 Å². The van der Waals surface area contributed by atoms with Crippen LogP contribution in [0.5, 0.6) is 0 Å². The quantitative estimate of drug-likeness (QED) is 0.421. The number of nitrogens with zero attached hydrogens (tertiary/aromatic N) is 5. The first-order valence-corrected chi connectivity index (χ1v) is 10.2. The molecule has 0 fully saturated rings. The molecule has 0 spiro atoms. The molecule has 0 aliphatic rings. The van der Waals surface area contributed by atoms with Gasteiger partial charge in [-0.15, -0.1) is 21.5 Å². The second-order valence-electron chi connectivity index (χ2n) is 5.31. The predicted molar refractivity (Wildman–Crippen MR) is 103 cm³/mol. The predicted octanol–water partition coefficient (Wildman–Crippen LogP) is 5.02. The first kappa shape index (κ1) is 17.3. The molecule has 6 nitrogen and oxygen atoms in total. The maximum absolute atomic E-state index is 6.18. The Morgan fingerprint density at radius 1 is 1.19 bits per heavy atom. The highest BCUT2D eigenvalue weighted by molar-refractivity contribution is 7.98. The van der Waals surface area contributed by atoms with Crippen LogP contribution in [0.4, 0.5) is 0 Å². The van der Waals surface area contributed by atoms with Gasteiger partial charge in [-0.25, -0.2) is 0 Å². The molecule has 0 aliphatic carbocycles. The monoisotopic (exact) mass is 403 g/mol. The minimum Gasteiger partial charge on any atom is -0.334 e. The summed E-state index contributed by atoms with van der Waals surface area (Å²) in [4.78, 5) is 5.53. The molecule has 0 bridgehead atoms. The second kappa shape index (κ2) is 7.61. The van der Waals surface area contributed by atoms with Gasteiger partial charge in [0.05, 0.1) is 21.2 Å². The number of rotatable bonds is 6. The molecule has 0 amide bonds. The first-order chi connectivity index (χ1) is 12.8. The van der Waals surface area contributed by atoms with Crippen molar-refractivity contribution in [3.8, 4) is 22.2 Å².